The van der Waals surface area contributed by atoms with E-state index < -0.39 is 12.0 Å². The van der Waals surface area contributed by atoms with Gasteiger partial charge in [0.05, 0.1) is 0 Å². The van der Waals surface area contributed by atoms with E-state index in [2.05, 4.69) is 46.2 Å². The van der Waals surface area contributed by atoms with Gasteiger partial charge in [-0.3, -0.25) is 0 Å². The zero-order chi connectivity index (χ0) is 20.2. The molecule has 0 bridgehead atoms. The maximum Gasteiger partial charge on any atom is 0.180 e. The Kier molecular flexibility index (Phi) is 13.4. The predicted molar refractivity (Wildman–Crippen MR) is 106 cm³/mol. The van der Waals surface area contributed by atoms with Crippen molar-refractivity contribution < 1.29 is 13.5 Å². The van der Waals surface area contributed by atoms with Crippen LogP contribution in [0.2, 0.25) is 0 Å². The number of hydrogen-bond donors (Lipinski definition) is 1. The molecule has 25 heavy (non-hydrogen) atoms. The highest BCUT2D eigenvalue weighted by atomic mass is 19.1. The number of rotatable bonds is 9. The zero-order valence-corrected chi connectivity index (χ0v) is 17.5. The summed E-state index contributed by atoms with van der Waals surface area (Å²) in [6, 6.07) is 0.403. The summed E-state index contributed by atoms with van der Waals surface area (Å²) in [5.74, 6) is 1.42. The van der Waals surface area contributed by atoms with Gasteiger partial charge in [-0.1, -0.05) is 40.7 Å². The van der Waals surface area contributed by atoms with Crippen molar-refractivity contribution in [3.63, 3.8) is 0 Å². The molecule has 0 amide bonds. The third-order valence-corrected chi connectivity index (χ3v) is 3.71. The Balaban J connectivity index is 0. The Hall–Kier alpha value is -1.32. The molecule has 0 radical (unpaired) electrons. The van der Waals surface area contributed by atoms with Crippen LogP contribution < -0.4 is 5.32 Å². The van der Waals surface area contributed by atoms with Gasteiger partial charge in [-0.15, -0.1) is 0 Å². The first-order valence-electron chi connectivity index (χ1n) is 9.16. The van der Waals surface area contributed by atoms with Crippen LogP contribution in [-0.2, 0) is 4.74 Å². The molecule has 1 N–H and O–H groups in total. The molecule has 4 heteroatoms. The van der Waals surface area contributed by atoms with Gasteiger partial charge < -0.3 is 10.1 Å². The van der Waals surface area contributed by atoms with Crippen LogP contribution in [0.25, 0.3) is 0 Å². The van der Waals surface area contributed by atoms with E-state index in [1.54, 1.807) is 6.92 Å². The van der Waals surface area contributed by atoms with Crippen molar-refractivity contribution in [2.24, 2.45) is 11.8 Å². The fraction of sp³-hybridized carbons (Fsp3) is 0.714. The van der Waals surface area contributed by atoms with E-state index in [9.17, 15) is 8.78 Å². The second kappa shape index (κ2) is 13.0. The second-order valence-electron chi connectivity index (χ2n) is 7.57. The van der Waals surface area contributed by atoms with Gasteiger partial charge in [0, 0.05) is 6.04 Å². The number of ether oxygens (including phenoxy) is 1. The molecular weight excluding hydrogens is 320 g/mol. The van der Waals surface area contributed by atoms with E-state index in [1.807, 2.05) is 20.8 Å². The molecule has 0 saturated carbocycles. The minimum atomic E-state index is -1.18. The maximum absolute atomic E-state index is 12.2. The predicted octanol–water partition coefficient (Wildman–Crippen LogP) is 6.71. The highest BCUT2D eigenvalue weighted by molar-refractivity contribution is 5.09. The molecule has 0 aliphatic heterocycles. The first-order chi connectivity index (χ1) is 11.4. The van der Waals surface area contributed by atoms with Crippen molar-refractivity contribution in [3.05, 3.63) is 37.0 Å². The minimum Gasteiger partial charge on any atom is -0.474 e. The van der Waals surface area contributed by atoms with Crippen molar-refractivity contribution in [1.82, 2.24) is 5.32 Å². The second-order valence-corrected chi connectivity index (χ2v) is 7.57. The molecule has 0 aromatic rings. The lowest BCUT2D eigenvalue weighted by Gasteiger charge is -2.31. The summed E-state index contributed by atoms with van der Waals surface area (Å²) >= 11 is 0. The van der Waals surface area contributed by atoms with Crippen LogP contribution in [0.5, 0.6) is 0 Å². The molecule has 0 saturated heterocycles. The molecule has 3 unspecified atom stereocenters. The van der Waals surface area contributed by atoms with Gasteiger partial charge in [0.1, 0.15) is 17.6 Å². The van der Waals surface area contributed by atoms with Gasteiger partial charge in [0.25, 0.3) is 0 Å². The molecule has 2 nitrogen and oxygen atoms in total. The van der Waals surface area contributed by atoms with Gasteiger partial charge in [-0.25, -0.2) is 8.78 Å². The molecule has 0 aliphatic rings. The Morgan fingerprint density at radius 2 is 1.68 bits per heavy atom. The third kappa shape index (κ3) is 14.7. The Labute approximate surface area is 154 Å². The Morgan fingerprint density at radius 1 is 1.16 bits per heavy atom. The highest BCUT2D eigenvalue weighted by Crippen LogP contribution is 2.20. The van der Waals surface area contributed by atoms with E-state index in [4.69, 9.17) is 4.74 Å². The largest absolute Gasteiger partial charge is 0.474 e. The molecule has 0 aliphatic carbocycles. The summed E-state index contributed by atoms with van der Waals surface area (Å²) in [4.78, 5) is 0. The first-order valence-corrected chi connectivity index (χ1v) is 9.16. The van der Waals surface area contributed by atoms with Crippen LogP contribution >= 0.6 is 0 Å². The number of hydrogen-bond acceptors (Lipinski definition) is 2. The Bertz CT molecular complexity index is 411. The van der Waals surface area contributed by atoms with Crippen molar-refractivity contribution in [2.75, 3.05) is 0 Å². The van der Waals surface area contributed by atoms with Crippen LogP contribution in [0.1, 0.15) is 68.2 Å². The molecule has 0 fully saturated rings. The SMILES string of the molecule is C=C(NC(C)C(CC)C(C)C)OC(C)(C)C.C=C/C(F)=C\C(F)CC. The summed E-state index contributed by atoms with van der Waals surface area (Å²) in [5.41, 5.74) is -0.177. The van der Waals surface area contributed by atoms with Crippen molar-refractivity contribution >= 4 is 0 Å². The average Bonchev–Trinajstić information content (AvgIpc) is 2.45. The van der Waals surface area contributed by atoms with Gasteiger partial charge in [0.2, 0.25) is 0 Å². The fourth-order valence-corrected chi connectivity index (χ4v) is 2.52. The summed E-state index contributed by atoms with van der Waals surface area (Å²) in [6.07, 6.45) is 2.20. The maximum atomic E-state index is 12.2. The third-order valence-electron chi connectivity index (χ3n) is 3.71. The fourth-order valence-electron chi connectivity index (χ4n) is 2.52. The number of halogens is 2. The van der Waals surface area contributed by atoms with Gasteiger partial charge in [-0.05, 0) is 64.7 Å². The lowest BCUT2D eigenvalue weighted by molar-refractivity contribution is 0.0355. The summed E-state index contributed by atoms with van der Waals surface area (Å²) in [7, 11) is 0. The van der Waals surface area contributed by atoms with E-state index in [0.29, 0.717) is 30.2 Å². The molecule has 0 aromatic carbocycles. The van der Waals surface area contributed by atoms with E-state index in [0.717, 1.165) is 12.2 Å². The minimum absolute atomic E-state index is 0.177. The van der Waals surface area contributed by atoms with Gasteiger partial charge >= 0.3 is 0 Å². The van der Waals surface area contributed by atoms with Crippen LogP contribution in [0.3, 0.4) is 0 Å². The van der Waals surface area contributed by atoms with Crippen LogP contribution in [0.4, 0.5) is 8.78 Å². The smallest absolute Gasteiger partial charge is 0.180 e. The quantitative estimate of drug-likeness (QED) is 0.365. The summed E-state index contributed by atoms with van der Waals surface area (Å²) in [6.45, 7) is 23.8. The van der Waals surface area contributed by atoms with Crippen LogP contribution in [-0.4, -0.2) is 17.8 Å². The molecule has 0 rings (SSSR count). The Morgan fingerprint density at radius 3 is 2.00 bits per heavy atom. The molecule has 0 aromatic heterocycles. The van der Waals surface area contributed by atoms with Crippen LogP contribution in [0.15, 0.2) is 37.0 Å². The number of allylic oxidation sites excluding steroid dienone is 3. The topological polar surface area (TPSA) is 21.3 Å². The summed E-state index contributed by atoms with van der Waals surface area (Å²) < 4.78 is 30.0. The standard InChI is InChI=1S/C14H29NO.C7H10F2/c1-9-13(10(2)3)11(4)15-12(5)16-14(6,7)8;1-3-6(8)5-7(9)4-2/h10-11,13,15H,5,9H2,1-4,6-8H3;3,5,7H,1,4H2,2H3/b;6-5+. The molecule has 0 spiro atoms. The average molecular weight is 360 g/mol. The van der Waals surface area contributed by atoms with E-state index in [1.165, 1.54) is 6.42 Å². The monoisotopic (exact) mass is 359 g/mol. The first kappa shape index (κ1) is 25.9. The molecular formula is C21H39F2NO. The molecule has 3 atom stereocenters. The highest BCUT2D eigenvalue weighted by Gasteiger charge is 2.20. The van der Waals surface area contributed by atoms with Crippen molar-refractivity contribution in [3.8, 4) is 0 Å². The van der Waals surface area contributed by atoms with Gasteiger partial charge in [-0.2, -0.15) is 0 Å². The van der Waals surface area contributed by atoms with Crippen molar-refractivity contribution in [1.29, 1.82) is 0 Å². The number of alkyl halides is 1. The lowest BCUT2D eigenvalue weighted by atomic mass is 9.87. The number of nitrogens with one attached hydrogen (secondary N) is 1. The van der Waals surface area contributed by atoms with E-state index >= 15 is 0 Å². The van der Waals surface area contributed by atoms with E-state index in [-0.39, 0.29) is 5.60 Å². The van der Waals surface area contributed by atoms with Crippen LogP contribution in [0, 0.1) is 11.8 Å². The zero-order valence-electron chi connectivity index (χ0n) is 17.5. The molecule has 148 valence electrons. The molecule has 0 heterocycles. The summed E-state index contributed by atoms with van der Waals surface area (Å²) in [5, 5.41) is 3.35. The van der Waals surface area contributed by atoms with Gasteiger partial charge in [0.15, 0.2) is 5.88 Å². The normalized spacial score (nSPS) is 15.6. The van der Waals surface area contributed by atoms with Crippen molar-refractivity contribution in [2.45, 2.75) is 86.0 Å². The lowest BCUT2D eigenvalue weighted by Crippen LogP contribution is -2.37.